The van der Waals surface area contributed by atoms with Crippen LogP contribution in [0.5, 0.6) is 0 Å². The zero-order valence-electron chi connectivity index (χ0n) is 10.0. The standard InChI is InChI=1S/C12H25NO2/c1-10(2)4-3-7-15-9-12(14,8-13)11-5-6-11/h10-11,14H,3-9,13H2,1-2H3. The average Bonchev–Trinajstić information content (AvgIpc) is 3.00. The molecule has 3 heteroatoms. The molecule has 0 amide bonds. The third-order valence-electron chi connectivity index (χ3n) is 3.11. The summed E-state index contributed by atoms with van der Waals surface area (Å²) in [5.41, 5.74) is 4.83. The van der Waals surface area contributed by atoms with Gasteiger partial charge in [-0.2, -0.15) is 0 Å². The summed E-state index contributed by atoms with van der Waals surface area (Å²) in [7, 11) is 0. The first-order chi connectivity index (χ1) is 7.08. The van der Waals surface area contributed by atoms with Crippen LogP contribution in [0.3, 0.4) is 0 Å². The SMILES string of the molecule is CC(C)CCCOCC(O)(CN)C1CC1. The van der Waals surface area contributed by atoms with Crippen molar-refractivity contribution in [3.63, 3.8) is 0 Å². The van der Waals surface area contributed by atoms with Crippen LogP contribution in [0.25, 0.3) is 0 Å². The minimum Gasteiger partial charge on any atom is -0.386 e. The van der Waals surface area contributed by atoms with Crippen molar-refractivity contribution >= 4 is 0 Å². The predicted octanol–water partition coefficient (Wildman–Crippen LogP) is 1.54. The van der Waals surface area contributed by atoms with E-state index in [0.717, 1.165) is 31.8 Å². The second-order valence-corrected chi connectivity index (χ2v) is 5.17. The fourth-order valence-corrected chi connectivity index (χ4v) is 1.81. The molecule has 1 rings (SSSR count). The van der Waals surface area contributed by atoms with Crippen molar-refractivity contribution in [2.75, 3.05) is 19.8 Å². The smallest absolute Gasteiger partial charge is 0.103 e. The normalized spacial score (nSPS) is 20.6. The molecule has 0 bridgehead atoms. The monoisotopic (exact) mass is 215 g/mol. The van der Waals surface area contributed by atoms with Gasteiger partial charge in [0.05, 0.1) is 6.61 Å². The Hall–Kier alpha value is -0.120. The first-order valence-electron chi connectivity index (χ1n) is 6.08. The van der Waals surface area contributed by atoms with E-state index in [-0.39, 0.29) is 0 Å². The third kappa shape index (κ3) is 4.49. The maximum Gasteiger partial charge on any atom is 0.103 e. The summed E-state index contributed by atoms with van der Waals surface area (Å²) in [6.45, 7) is 5.89. The zero-order chi connectivity index (χ0) is 11.3. The summed E-state index contributed by atoms with van der Waals surface area (Å²) >= 11 is 0. The van der Waals surface area contributed by atoms with E-state index in [2.05, 4.69) is 13.8 Å². The molecule has 3 N–H and O–H groups in total. The van der Waals surface area contributed by atoms with Crippen LogP contribution in [0.2, 0.25) is 0 Å². The van der Waals surface area contributed by atoms with Crippen molar-refractivity contribution in [3.05, 3.63) is 0 Å². The fourth-order valence-electron chi connectivity index (χ4n) is 1.81. The lowest BCUT2D eigenvalue weighted by atomic mass is 9.99. The van der Waals surface area contributed by atoms with Crippen LogP contribution in [-0.4, -0.2) is 30.5 Å². The van der Waals surface area contributed by atoms with E-state index in [9.17, 15) is 5.11 Å². The van der Waals surface area contributed by atoms with E-state index >= 15 is 0 Å². The number of nitrogens with two attached hydrogens (primary N) is 1. The minimum absolute atomic E-state index is 0.321. The quantitative estimate of drug-likeness (QED) is 0.604. The lowest BCUT2D eigenvalue weighted by molar-refractivity contribution is -0.0557. The molecule has 1 unspecified atom stereocenters. The van der Waals surface area contributed by atoms with E-state index in [1.54, 1.807) is 0 Å². The molecule has 0 saturated heterocycles. The Labute approximate surface area is 93.0 Å². The predicted molar refractivity (Wildman–Crippen MR) is 61.6 cm³/mol. The lowest BCUT2D eigenvalue weighted by Gasteiger charge is -2.26. The van der Waals surface area contributed by atoms with Gasteiger partial charge in [0.25, 0.3) is 0 Å². The molecular weight excluding hydrogens is 190 g/mol. The van der Waals surface area contributed by atoms with Gasteiger partial charge in [0, 0.05) is 13.2 Å². The Kier molecular flexibility index (Phi) is 5.03. The number of hydrogen-bond donors (Lipinski definition) is 2. The second kappa shape index (κ2) is 5.83. The molecule has 1 aliphatic rings. The molecule has 90 valence electrons. The molecule has 1 saturated carbocycles. The summed E-state index contributed by atoms with van der Waals surface area (Å²) in [6, 6.07) is 0. The summed E-state index contributed by atoms with van der Waals surface area (Å²) < 4.78 is 5.51. The highest BCUT2D eigenvalue weighted by Crippen LogP contribution is 2.39. The first-order valence-corrected chi connectivity index (χ1v) is 6.08. The molecule has 0 spiro atoms. The van der Waals surface area contributed by atoms with Crippen molar-refractivity contribution in [3.8, 4) is 0 Å². The Morgan fingerprint density at radius 1 is 1.47 bits per heavy atom. The minimum atomic E-state index is -0.752. The van der Waals surface area contributed by atoms with Gasteiger partial charge in [-0.3, -0.25) is 0 Å². The molecule has 1 atom stereocenters. The van der Waals surface area contributed by atoms with Gasteiger partial charge in [-0.05, 0) is 37.5 Å². The van der Waals surface area contributed by atoms with Crippen molar-refractivity contribution in [1.82, 2.24) is 0 Å². The number of aliphatic hydroxyl groups is 1. The van der Waals surface area contributed by atoms with Gasteiger partial charge in [0.1, 0.15) is 5.60 Å². The number of rotatable bonds is 8. The maximum atomic E-state index is 10.1. The van der Waals surface area contributed by atoms with Gasteiger partial charge < -0.3 is 15.6 Å². The zero-order valence-corrected chi connectivity index (χ0v) is 10.0. The largest absolute Gasteiger partial charge is 0.386 e. The Bertz CT molecular complexity index is 180. The molecule has 1 fully saturated rings. The van der Waals surface area contributed by atoms with Crippen molar-refractivity contribution in [2.45, 2.75) is 45.1 Å². The van der Waals surface area contributed by atoms with Crippen LogP contribution in [0.15, 0.2) is 0 Å². The highest BCUT2D eigenvalue weighted by Gasteiger charge is 2.42. The van der Waals surface area contributed by atoms with E-state index in [1.165, 1.54) is 6.42 Å². The van der Waals surface area contributed by atoms with E-state index < -0.39 is 5.60 Å². The fraction of sp³-hybridized carbons (Fsp3) is 1.00. The summed E-state index contributed by atoms with van der Waals surface area (Å²) in [6.07, 6.45) is 4.46. The number of ether oxygens (including phenoxy) is 1. The van der Waals surface area contributed by atoms with Gasteiger partial charge in [0.15, 0.2) is 0 Å². The van der Waals surface area contributed by atoms with Gasteiger partial charge in [-0.1, -0.05) is 13.8 Å². The summed E-state index contributed by atoms with van der Waals surface area (Å²) in [4.78, 5) is 0. The molecule has 0 radical (unpaired) electrons. The van der Waals surface area contributed by atoms with Crippen LogP contribution in [0.4, 0.5) is 0 Å². The number of hydrogen-bond acceptors (Lipinski definition) is 3. The van der Waals surface area contributed by atoms with Crippen LogP contribution in [0.1, 0.15) is 39.5 Å². The average molecular weight is 215 g/mol. The van der Waals surface area contributed by atoms with Gasteiger partial charge >= 0.3 is 0 Å². The topological polar surface area (TPSA) is 55.5 Å². The van der Waals surface area contributed by atoms with E-state index in [0.29, 0.717) is 19.1 Å². The second-order valence-electron chi connectivity index (χ2n) is 5.17. The van der Waals surface area contributed by atoms with Crippen molar-refractivity contribution in [1.29, 1.82) is 0 Å². The van der Waals surface area contributed by atoms with E-state index in [4.69, 9.17) is 10.5 Å². The molecule has 0 aromatic heterocycles. The molecular formula is C12H25NO2. The van der Waals surface area contributed by atoms with E-state index in [1.807, 2.05) is 0 Å². The Morgan fingerprint density at radius 3 is 2.60 bits per heavy atom. The summed E-state index contributed by atoms with van der Waals surface area (Å²) in [5, 5.41) is 10.1. The molecule has 3 nitrogen and oxygen atoms in total. The maximum absolute atomic E-state index is 10.1. The Morgan fingerprint density at radius 2 is 2.13 bits per heavy atom. The first kappa shape index (κ1) is 12.9. The summed E-state index contributed by atoms with van der Waals surface area (Å²) in [5.74, 6) is 1.11. The molecule has 0 aliphatic heterocycles. The van der Waals surface area contributed by atoms with Crippen LogP contribution < -0.4 is 5.73 Å². The van der Waals surface area contributed by atoms with Crippen LogP contribution in [-0.2, 0) is 4.74 Å². The highest BCUT2D eigenvalue weighted by atomic mass is 16.5. The molecule has 0 heterocycles. The van der Waals surface area contributed by atoms with Gasteiger partial charge in [-0.25, -0.2) is 0 Å². The van der Waals surface area contributed by atoms with Gasteiger partial charge in [0.2, 0.25) is 0 Å². The van der Waals surface area contributed by atoms with Crippen LogP contribution in [0, 0.1) is 11.8 Å². The Balaban J connectivity index is 2.07. The van der Waals surface area contributed by atoms with Crippen molar-refractivity contribution < 1.29 is 9.84 Å². The van der Waals surface area contributed by atoms with Crippen LogP contribution >= 0.6 is 0 Å². The molecule has 0 aromatic rings. The molecule has 1 aliphatic carbocycles. The lowest BCUT2D eigenvalue weighted by Crippen LogP contribution is -2.44. The highest BCUT2D eigenvalue weighted by molar-refractivity contribution is 4.95. The third-order valence-corrected chi connectivity index (χ3v) is 3.11. The molecule has 0 aromatic carbocycles. The van der Waals surface area contributed by atoms with Crippen molar-refractivity contribution in [2.24, 2.45) is 17.6 Å². The molecule has 15 heavy (non-hydrogen) atoms. The van der Waals surface area contributed by atoms with Gasteiger partial charge in [-0.15, -0.1) is 0 Å².